The van der Waals surface area contributed by atoms with Crippen LogP contribution < -0.4 is 0 Å². The highest BCUT2D eigenvalue weighted by Crippen LogP contribution is 2.42. The predicted molar refractivity (Wildman–Crippen MR) is 89.5 cm³/mol. The quantitative estimate of drug-likeness (QED) is 0.844. The van der Waals surface area contributed by atoms with Gasteiger partial charge in [-0.3, -0.25) is 4.79 Å². The molecular formula is C18H28N4O2. The molecule has 6 nitrogen and oxygen atoms in total. The van der Waals surface area contributed by atoms with Crippen LogP contribution in [0.1, 0.15) is 50.2 Å². The first kappa shape index (κ1) is 16.1. The molecule has 0 radical (unpaired) electrons. The maximum Gasteiger partial charge on any atom is 0.225 e. The van der Waals surface area contributed by atoms with E-state index in [-0.39, 0.29) is 0 Å². The summed E-state index contributed by atoms with van der Waals surface area (Å²) in [5.41, 5.74) is 0.388. The number of hydrogen-bond donors (Lipinski definition) is 0. The number of hydrogen-bond acceptors (Lipinski definition) is 4. The number of methoxy groups -OCH3 is 1. The smallest absolute Gasteiger partial charge is 0.225 e. The minimum absolute atomic E-state index is 0.354. The van der Waals surface area contributed by atoms with E-state index in [1.165, 1.54) is 12.8 Å². The van der Waals surface area contributed by atoms with Crippen molar-refractivity contribution in [3.05, 3.63) is 11.6 Å². The van der Waals surface area contributed by atoms with Crippen molar-refractivity contribution in [2.75, 3.05) is 26.8 Å². The van der Waals surface area contributed by atoms with E-state index in [0.717, 1.165) is 69.8 Å². The van der Waals surface area contributed by atoms with Crippen molar-refractivity contribution in [2.24, 2.45) is 11.3 Å². The second-order valence-corrected chi connectivity index (χ2v) is 7.78. The molecule has 0 unspecified atom stereocenters. The summed E-state index contributed by atoms with van der Waals surface area (Å²) >= 11 is 0. The Morgan fingerprint density at radius 3 is 2.62 bits per heavy atom. The van der Waals surface area contributed by atoms with E-state index in [1.54, 1.807) is 7.11 Å². The lowest BCUT2D eigenvalue weighted by atomic mass is 9.72. The minimum Gasteiger partial charge on any atom is -0.384 e. The fraction of sp³-hybridized carbons (Fsp3) is 0.833. The van der Waals surface area contributed by atoms with E-state index < -0.39 is 0 Å². The van der Waals surface area contributed by atoms with E-state index in [4.69, 9.17) is 4.74 Å². The predicted octanol–water partition coefficient (Wildman–Crippen LogP) is 1.82. The van der Waals surface area contributed by atoms with Crippen LogP contribution in [0.5, 0.6) is 0 Å². The molecule has 1 spiro atoms. The summed E-state index contributed by atoms with van der Waals surface area (Å²) in [5.74, 6) is 2.96. The molecule has 2 aliphatic heterocycles. The van der Waals surface area contributed by atoms with Gasteiger partial charge in [0.1, 0.15) is 11.6 Å². The first-order chi connectivity index (χ1) is 11.7. The van der Waals surface area contributed by atoms with Gasteiger partial charge in [-0.15, -0.1) is 10.2 Å². The number of nitrogens with zero attached hydrogens (tertiary/aromatic N) is 4. The van der Waals surface area contributed by atoms with Crippen LogP contribution in [0.3, 0.4) is 0 Å². The van der Waals surface area contributed by atoms with Gasteiger partial charge in [-0.2, -0.15) is 0 Å². The lowest BCUT2D eigenvalue weighted by molar-refractivity contribution is -0.135. The van der Waals surface area contributed by atoms with Gasteiger partial charge in [-0.05, 0) is 43.9 Å². The molecule has 0 N–H and O–H groups in total. The molecule has 4 rings (SSSR count). The second-order valence-electron chi connectivity index (χ2n) is 7.78. The van der Waals surface area contributed by atoms with Crippen LogP contribution in [0.2, 0.25) is 0 Å². The zero-order valence-electron chi connectivity index (χ0n) is 14.7. The van der Waals surface area contributed by atoms with Crippen molar-refractivity contribution < 1.29 is 9.53 Å². The SMILES string of the molecule is COCCc1nnc2n1CCC1(CC2)CCN(C(=O)C2CC2)CC1. The lowest BCUT2D eigenvalue weighted by Gasteiger charge is -2.41. The van der Waals surface area contributed by atoms with Gasteiger partial charge in [-0.25, -0.2) is 0 Å². The third-order valence-electron chi connectivity index (χ3n) is 6.24. The Balaban J connectivity index is 1.39. The van der Waals surface area contributed by atoms with E-state index in [9.17, 15) is 4.79 Å². The Labute approximate surface area is 143 Å². The standard InChI is InChI=1S/C18H28N4O2/c1-24-13-5-16-20-19-15-4-6-18(9-12-22(15)16)7-10-21(11-8-18)17(23)14-2-3-14/h14H,2-13H2,1H3. The Bertz CT molecular complexity index is 600. The van der Waals surface area contributed by atoms with Crippen LogP contribution in [0.4, 0.5) is 0 Å². The maximum atomic E-state index is 12.3. The number of piperidine rings is 1. The van der Waals surface area contributed by atoms with E-state index >= 15 is 0 Å². The van der Waals surface area contributed by atoms with Gasteiger partial charge in [0.2, 0.25) is 5.91 Å². The molecule has 1 aliphatic carbocycles. The summed E-state index contributed by atoms with van der Waals surface area (Å²) in [6.45, 7) is 3.61. The van der Waals surface area contributed by atoms with Crippen molar-refractivity contribution >= 4 is 5.91 Å². The summed E-state index contributed by atoms with van der Waals surface area (Å²) in [4.78, 5) is 14.4. The number of carbonyl (C=O) groups excluding carboxylic acids is 1. The summed E-state index contributed by atoms with van der Waals surface area (Å²) in [6.07, 6.45) is 8.73. The Morgan fingerprint density at radius 2 is 1.92 bits per heavy atom. The molecule has 3 heterocycles. The highest BCUT2D eigenvalue weighted by atomic mass is 16.5. The van der Waals surface area contributed by atoms with E-state index in [2.05, 4.69) is 19.7 Å². The molecule has 1 saturated heterocycles. The number of rotatable bonds is 4. The van der Waals surface area contributed by atoms with Crippen LogP contribution in [-0.4, -0.2) is 52.4 Å². The van der Waals surface area contributed by atoms with Crippen LogP contribution >= 0.6 is 0 Å². The Kier molecular flexibility index (Phi) is 4.33. The molecule has 2 fully saturated rings. The normalized spacial score (nSPS) is 23.1. The topological polar surface area (TPSA) is 60.3 Å². The summed E-state index contributed by atoms with van der Waals surface area (Å²) in [5, 5.41) is 8.77. The number of aryl methyl sites for hydroxylation is 1. The highest BCUT2D eigenvalue weighted by molar-refractivity contribution is 5.81. The van der Waals surface area contributed by atoms with Crippen molar-refractivity contribution in [2.45, 2.75) is 57.9 Å². The first-order valence-electron chi connectivity index (χ1n) is 9.39. The third-order valence-corrected chi connectivity index (χ3v) is 6.24. The van der Waals surface area contributed by atoms with Crippen LogP contribution in [0, 0.1) is 11.3 Å². The van der Waals surface area contributed by atoms with Gasteiger partial charge >= 0.3 is 0 Å². The van der Waals surface area contributed by atoms with E-state index in [0.29, 0.717) is 23.8 Å². The molecule has 6 heteroatoms. The fourth-order valence-electron chi connectivity index (χ4n) is 4.33. The van der Waals surface area contributed by atoms with Crippen molar-refractivity contribution in [1.29, 1.82) is 0 Å². The zero-order chi connectivity index (χ0) is 16.6. The van der Waals surface area contributed by atoms with Crippen molar-refractivity contribution in [3.63, 3.8) is 0 Å². The third kappa shape index (κ3) is 3.08. The van der Waals surface area contributed by atoms with Crippen LogP contribution in [0.25, 0.3) is 0 Å². The number of likely N-dealkylation sites (tertiary alicyclic amines) is 1. The summed E-state index contributed by atoms with van der Waals surface area (Å²) in [6, 6.07) is 0. The molecule has 1 aromatic rings. The minimum atomic E-state index is 0.354. The fourth-order valence-corrected chi connectivity index (χ4v) is 4.33. The molecule has 1 amide bonds. The molecule has 24 heavy (non-hydrogen) atoms. The number of fused-ring (bicyclic) bond motifs is 1. The van der Waals surface area contributed by atoms with Crippen LogP contribution in [0.15, 0.2) is 0 Å². The molecular weight excluding hydrogens is 304 g/mol. The van der Waals surface area contributed by atoms with Gasteiger partial charge < -0.3 is 14.2 Å². The van der Waals surface area contributed by atoms with Gasteiger partial charge in [0.15, 0.2) is 0 Å². The highest BCUT2D eigenvalue weighted by Gasteiger charge is 2.40. The second kappa shape index (κ2) is 6.47. The molecule has 1 aromatic heterocycles. The van der Waals surface area contributed by atoms with Crippen molar-refractivity contribution in [3.8, 4) is 0 Å². The molecule has 132 valence electrons. The largest absolute Gasteiger partial charge is 0.384 e. The van der Waals surface area contributed by atoms with Gasteiger partial charge in [0.05, 0.1) is 6.61 Å². The number of amides is 1. The average molecular weight is 332 g/mol. The van der Waals surface area contributed by atoms with Gasteiger partial charge in [-0.1, -0.05) is 0 Å². The molecule has 3 aliphatic rings. The summed E-state index contributed by atoms with van der Waals surface area (Å²) in [7, 11) is 1.73. The van der Waals surface area contributed by atoms with Crippen LogP contribution in [-0.2, 0) is 28.9 Å². The van der Waals surface area contributed by atoms with Crippen molar-refractivity contribution in [1.82, 2.24) is 19.7 Å². The molecule has 0 aromatic carbocycles. The molecule has 0 bridgehead atoms. The summed E-state index contributed by atoms with van der Waals surface area (Å²) < 4.78 is 7.50. The Hall–Kier alpha value is -1.43. The molecule has 0 atom stereocenters. The maximum absolute atomic E-state index is 12.3. The molecule has 1 saturated carbocycles. The first-order valence-corrected chi connectivity index (χ1v) is 9.39. The van der Waals surface area contributed by atoms with Gasteiger partial charge in [0, 0.05) is 45.5 Å². The van der Waals surface area contributed by atoms with E-state index in [1.807, 2.05) is 0 Å². The lowest BCUT2D eigenvalue weighted by Crippen LogP contribution is -2.44. The number of carbonyl (C=O) groups is 1. The zero-order valence-corrected chi connectivity index (χ0v) is 14.7. The van der Waals surface area contributed by atoms with Gasteiger partial charge in [0.25, 0.3) is 0 Å². The number of aromatic nitrogens is 3. The average Bonchev–Trinajstić information content (AvgIpc) is 3.40. The monoisotopic (exact) mass is 332 g/mol. The Morgan fingerprint density at radius 1 is 1.17 bits per heavy atom. The number of ether oxygens (including phenoxy) is 1.